The van der Waals surface area contributed by atoms with Gasteiger partial charge in [0.25, 0.3) is 15.9 Å². The van der Waals surface area contributed by atoms with Crippen molar-refractivity contribution in [2.45, 2.75) is 5.03 Å². The van der Waals surface area contributed by atoms with Crippen molar-refractivity contribution < 1.29 is 17.9 Å². The van der Waals surface area contributed by atoms with Crippen LogP contribution >= 0.6 is 11.6 Å². The summed E-state index contributed by atoms with van der Waals surface area (Å²) in [5.74, 6) is 0.272. The van der Waals surface area contributed by atoms with Crippen LogP contribution in [0.2, 0.25) is 5.15 Å². The van der Waals surface area contributed by atoms with Crippen LogP contribution in [0.25, 0.3) is 0 Å². The number of carbonyl (C=O) groups excluding carboxylic acids is 1. The highest BCUT2D eigenvalue weighted by atomic mass is 35.5. The van der Waals surface area contributed by atoms with Gasteiger partial charge in [-0.05, 0) is 24.3 Å². The fourth-order valence-electron chi connectivity index (χ4n) is 1.67. The molecule has 1 amide bonds. The molecule has 0 saturated carbocycles. The molecule has 1 heterocycles. The van der Waals surface area contributed by atoms with E-state index in [0.717, 1.165) is 0 Å². The van der Waals surface area contributed by atoms with E-state index in [9.17, 15) is 13.2 Å². The van der Waals surface area contributed by atoms with Crippen LogP contribution in [0.5, 0.6) is 5.75 Å². The number of likely N-dealkylation sites (N-methyl/N-ethyl adjacent to an activating group) is 1. The zero-order valence-corrected chi connectivity index (χ0v) is 14.9. The lowest BCUT2D eigenvalue weighted by Crippen LogP contribution is -2.27. The van der Waals surface area contributed by atoms with E-state index in [4.69, 9.17) is 16.3 Å². The molecule has 24 heavy (non-hydrogen) atoms. The van der Waals surface area contributed by atoms with Gasteiger partial charge in [0.2, 0.25) is 5.03 Å². The third-order valence-corrected chi connectivity index (χ3v) is 4.93. The molecule has 0 radical (unpaired) electrons. The average Bonchev–Trinajstić information content (AvgIpc) is 2.86. The van der Waals surface area contributed by atoms with Crippen LogP contribution in [0.15, 0.2) is 35.6 Å². The zero-order chi connectivity index (χ0) is 17.9. The maximum Gasteiger partial charge on any atom is 0.282 e. The van der Waals surface area contributed by atoms with Gasteiger partial charge in [0.1, 0.15) is 10.9 Å². The Hall–Kier alpha value is -2.26. The fourth-order valence-corrected chi connectivity index (χ4v) is 3.16. The predicted molar refractivity (Wildman–Crippen MR) is 89.7 cm³/mol. The summed E-state index contributed by atoms with van der Waals surface area (Å²) in [5, 5.41) is -0.228. The summed E-state index contributed by atoms with van der Waals surface area (Å²) in [6.45, 7) is -0.0956. The Bertz CT molecular complexity index is 831. The number of carbonyl (C=O) groups is 1. The molecule has 8 nitrogen and oxygen atoms in total. The summed E-state index contributed by atoms with van der Waals surface area (Å²) in [6, 6.07) is 6.15. The van der Waals surface area contributed by atoms with Crippen molar-refractivity contribution in [1.29, 1.82) is 0 Å². The first kappa shape index (κ1) is 18.1. The Morgan fingerprint density at radius 3 is 2.46 bits per heavy atom. The third-order valence-electron chi connectivity index (χ3n) is 3.06. The van der Waals surface area contributed by atoms with Gasteiger partial charge in [-0.25, -0.2) is 4.98 Å². The summed E-state index contributed by atoms with van der Waals surface area (Å²) in [4.78, 5) is 16.6. The molecule has 0 fully saturated rings. The van der Waals surface area contributed by atoms with Crippen LogP contribution in [0.1, 0.15) is 0 Å². The molecule has 1 aromatic carbocycles. The monoisotopic (exact) mass is 372 g/mol. The van der Waals surface area contributed by atoms with Crippen LogP contribution in [-0.2, 0) is 21.9 Å². The van der Waals surface area contributed by atoms with E-state index < -0.39 is 10.0 Å². The molecular formula is C14H17ClN4O4S. The number of rotatable bonds is 6. The van der Waals surface area contributed by atoms with E-state index >= 15 is 0 Å². The lowest BCUT2D eigenvalue weighted by molar-refractivity contribution is -0.130. The second-order valence-electron chi connectivity index (χ2n) is 5.16. The van der Waals surface area contributed by atoms with Gasteiger partial charge >= 0.3 is 0 Å². The van der Waals surface area contributed by atoms with E-state index in [1.54, 1.807) is 33.3 Å². The number of anilines is 1. The second kappa shape index (κ2) is 7.10. The van der Waals surface area contributed by atoms with Gasteiger partial charge in [-0.3, -0.25) is 9.52 Å². The Kier molecular flexibility index (Phi) is 5.35. The lowest BCUT2D eigenvalue weighted by atomic mass is 10.3. The van der Waals surface area contributed by atoms with E-state index in [1.807, 2.05) is 0 Å². The SMILES string of the molecule is CN(C)C(=O)COc1ccc(NS(=O)(=O)c2ncn(C)c2Cl)cc1. The summed E-state index contributed by atoms with van der Waals surface area (Å²) in [5.41, 5.74) is 0.322. The summed E-state index contributed by atoms with van der Waals surface area (Å²) in [7, 11) is 0.967. The Morgan fingerprint density at radius 1 is 1.33 bits per heavy atom. The van der Waals surface area contributed by atoms with E-state index in [0.29, 0.717) is 11.4 Å². The van der Waals surface area contributed by atoms with Gasteiger partial charge in [-0.2, -0.15) is 8.42 Å². The molecule has 2 rings (SSSR count). The van der Waals surface area contributed by atoms with Gasteiger partial charge in [-0.1, -0.05) is 11.6 Å². The van der Waals surface area contributed by atoms with Gasteiger partial charge in [-0.15, -0.1) is 0 Å². The van der Waals surface area contributed by atoms with Crippen LogP contribution < -0.4 is 9.46 Å². The van der Waals surface area contributed by atoms with Crippen LogP contribution in [0.3, 0.4) is 0 Å². The molecule has 0 aliphatic rings. The fraction of sp³-hybridized carbons (Fsp3) is 0.286. The van der Waals surface area contributed by atoms with Gasteiger partial charge in [0, 0.05) is 26.8 Å². The van der Waals surface area contributed by atoms with Crippen molar-refractivity contribution in [2.24, 2.45) is 7.05 Å². The quantitative estimate of drug-likeness (QED) is 0.825. The number of ether oxygens (including phenoxy) is 1. The topological polar surface area (TPSA) is 93.5 Å². The standard InChI is InChI=1S/C14H17ClN4O4S/c1-18(2)12(20)8-23-11-6-4-10(5-7-11)17-24(21,22)14-13(15)19(3)9-16-14/h4-7,9,17H,8H2,1-3H3. The maximum atomic E-state index is 12.3. The summed E-state index contributed by atoms with van der Waals surface area (Å²) >= 11 is 5.91. The van der Waals surface area contributed by atoms with Crippen molar-refractivity contribution >= 4 is 33.2 Å². The number of aromatic nitrogens is 2. The van der Waals surface area contributed by atoms with Crippen LogP contribution in [0, 0.1) is 0 Å². The first-order valence-electron chi connectivity index (χ1n) is 6.83. The highest BCUT2D eigenvalue weighted by molar-refractivity contribution is 7.92. The number of imidazole rings is 1. The predicted octanol–water partition coefficient (Wildman–Crippen LogP) is 1.34. The molecule has 0 spiro atoms. The minimum atomic E-state index is -3.89. The lowest BCUT2D eigenvalue weighted by Gasteiger charge is -2.12. The maximum absolute atomic E-state index is 12.3. The number of hydrogen-bond acceptors (Lipinski definition) is 5. The molecule has 0 unspecified atom stereocenters. The number of halogens is 1. The second-order valence-corrected chi connectivity index (χ2v) is 7.11. The molecule has 0 aliphatic heterocycles. The molecule has 0 saturated heterocycles. The first-order chi connectivity index (χ1) is 11.2. The normalized spacial score (nSPS) is 11.2. The minimum absolute atomic E-state index is 0.0182. The molecule has 0 bridgehead atoms. The average molecular weight is 373 g/mol. The third kappa shape index (κ3) is 4.18. The smallest absolute Gasteiger partial charge is 0.282 e. The molecule has 1 aromatic heterocycles. The van der Waals surface area contributed by atoms with Gasteiger partial charge < -0.3 is 14.2 Å². The van der Waals surface area contributed by atoms with Crippen molar-refractivity contribution in [2.75, 3.05) is 25.4 Å². The number of aryl methyl sites for hydroxylation is 1. The highest BCUT2D eigenvalue weighted by Gasteiger charge is 2.22. The Morgan fingerprint density at radius 2 is 1.96 bits per heavy atom. The van der Waals surface area contributed by atoms with Crippen molar-refractivity contribution in [3.63, 3.8) is 0 Å². The molecule has 0 atom stereocenters. The van der Waals surface area contributed by atoms with E-state index in [2.05, 4.69) is 9.71 Å². The summed E-state index contributed by atoms with van der Waals surface area (Å²) in [6.07, 6.45) is 1.32. The van der Waals surface area contributed by atoms with Crippen molar-refractivity contribution in [3.05, 3.63) is 35.7 Å². The molecule has 10 heteroatoms. The Balaban J connectivity index is 2.06. The molecule has 130 valence electrons. The van der Waals surface area contributed by atoms with E-state index in [-0.39, 0.29) is 22.7 Å². The van der Waals surface area contributed by atoms with Crippen molar-refractivity contribution in [1.82, 2.24) is 14.5 Å². The first-order valence-corrected chi connectivity index (χ1v) is 8.69. The van der Waals surface area contributed by atoms with Crippen LogP contribution in [-0.4, -0.2) is 49.5 Å². The number of nitrogens with zero attached hydrogens (tertiary/aromatic N) is 3. The van der Waals surface area contributed by atoms with Gasteiger partial charge in [0.05, 0.1) is 6.33 Å². The zero-order valence-electron chi connectivity index (χ0n) is 13.4. The van der Waals surface area contributed by atoms with Crippen LogP contribution in [0.4, 0.5) is 5.69 Å². The highest BCUT2D eigenvalue weighted by Crippen LogP contribution is 2.23. The number of nitrogens with one attached hydrogen (secondary N) is 1. The minimum Gasteiger partial charge on any atom is -0.484 e. The molecule has 0 aliphatic carbocycles. The number of sulfonamides is 1. The number of amides is 1. The molecule has 1 N–H and O–H groups in total. The largest absolute Gasteiger partial charge is 0.484 e. The van der Waals surface area contributed by atoms with Gasteiger partial charge in [0.15, 0.2) is 6.61 Å². The van der Waals surface area contributed by atoms with E-state index in [1.165, 1.54) is 27.9 Å². The number of hydrogen-bond donors (Lipinski definition) is 1. The molecular weight excluding hydrogens is 356 g/mol. The molecule has 2 aromatic rings. The number of benzene rings is 1. The Labute approximate surface area is 145 Å². The van der Waals surface area contributed by atoms with Crippen molar-refractivity contribution in [3.8, 4) is 5.75 Å². The summed E-state index contributed by atoms with van der Waals surface area (Å²) < 4.78 is 33.6.